The Hall–Kier alpha value is -2.25. The number of furan rings is 1. The van der Waals surface area contributed by atoms with Gasteiger partial charge in [0.05, 0.1) is 11.3 Å². The molecule has 0 aliphatic carbocycles. The summed E-state index contributed by atoms with van der Waals surface area (Å²) in [6, 6.07) is 1.54. The Labute approximate surface area is 125 Å². The van der Waals surface area contributed by atoms with Crippen molar-refractivity contribution in [3.8, 4) is 0 Å². The van der Waals surface area contributed by atoms with Gasteiger partial charge >= 0.3 is 6.18 Å². The van der Waals surface area contributed by atoms with Crippen LogP contribution in [0.2, 0.25) is 0 Å². The summed E-state index contributed by atoms with van der Waals surface area (Å²) in [6.07, 6.45) is -3.53. The van der Waals surface area contributed by atoms with Crippen LogP contribution in [0.4, 0.5) is 18.9 Å². The third kappa shape index (κ3) is 3.15. The molecular weight excluding hydrogens is 299 g/mol. The molecule has 2 rings (SSSR count). The Balaban J connectivity index is 2.30. The highest BCUT2D eigenvalue weighted by atomic mass is 19.4. The van der Waals surface area contributed by atoms with Crippen LogP contribution >= 0.6 is 0 Å². The molecule has 0 aliphatic heterocycles. The van der Waals surface area contributed by atoms with E-state index in [1.54, 1.807) is 13.0 Å². The van der Waals surface area contributed by atoms with Gasteiger partial charge in [-0.25, -0.2) is 0 Å². The van der Waals surface area contributed by atoms with Crippen molar-refractivity contribution in [2.75, 3.05) is 5.32 Å². The fourth-order valence-electron chi connectivity index (χ4n) is 1.99. The SMILES string of the molecule is Cc1oc(C(C)C)cc1C(=O)Nc1cn(C)nc1C(F)(F)F. The van der Waals surface area contributed by atoms with E-state index in [4.69, 9.17) is 4.42 Å². The molecule has 8 heteroatoms. The molecule has 0 atom stereocenters. The van der Waals surface area contributed by atoms with Crippen molar-refractivity contribution in [2.24, 2.45) is 7.05 Å². The molecule has 2 aromatic heterocycles. The number of aromatic nitrogens is 2. The molecule has 0 aromatic carbocycles. The maximum atomic E-state index is 12.9. The maximum absolute atomic E-state index is 12.9. The Morgan fingerprint density at radius 3 is 2.55 bits per heavy atom. The molecule has 120 valence electrons. The lowest BCUT2D eigenvalue weighted by atomic mass is 10.1. The van der Waals surface area contributed by atoms with E-state index < -0.39 is 17.8 Å². The van der Waals surface area contributed by atoms with Gasteiger partial charge in [-0.1, -0.05) is 13.8 Å². The smallest absolute Gasteiger partial charge is 0.437 e. The van der Waals surface area contributed by atoms with E-state index in [0.717, 1.165) is 10.9 Å². The predicted molar refractivity (Wildman–Crippen MR) is 73.7 cm³/mol. The molecule has 0 spiro atoms. The molecular formula is C14H16F3N3O2. The molecule has 0 unspecified atom stereocenters. The Kier molecular flexibility index (Phi) is 4.04. The average molecular weight is 315 g/mol. The quantitative estimate of drug-likeness (QED) is 0.939. The average Bonchev–Trinajstić information content (AvgIpc) is 2.92. The van der Waals surface area contributed by atoms with Gasteiger partial charge in [-0.3, -0.25) is 9.48 Å². The minimum atomic E-state index is -4.64. The first-order chi connectivity index (χ1) is 10.1. The highest BCUT2D eigenvalue weighted by molar-refractivity contribution is 6.05. The highest BCUT2D eigenvalue weighted by Crippen LogP contribution is 2.33. The zero-order chi connectivity index (χ0) is 16.7. The van der Waals surface area contributed by atoms with Gasteiger partial charge in [0.15, 0.2) is 5.69 Å². The largest absolute Gasteiger partial charge is 0.465 e. The molecule has 2 heterocycles. The number of halogens is 3. The highest BCUT2D eigenvalue weighted by Gasteiger charge is 2.37. The lowest BCUT2D eigenvalue weighted by Crippen LogP contribution is -2.16. The first-order valence-electron chi connectivity index (χ1n) is 6.62. The molecule has 0 saturated heterocycles. The van der Waals surface area contributed by atoms with Crippen LogP contribution in [0.1, 0.15) is 47.3 Å². The maximum Gasteiger partial charge on any atom is 0.437 e. The summed E-state index contributed by atoms with van der Waals surface area (Å²) >= 11 is 0. The molecule has 5 nitrogen and oxygen atoms in total. The van der Waals surface area contributed by atoms with Crippen LogP contribution < -0.4 is 5.32 Å². The molecule has 0 aliphatic rings. The number of aryl methyl sites for hydroxylation is 2. The van der Waals surface area contributed by atoms with Crippen molar-refractivity contribution >= 4 is 11.6 Å². The van der Waals surface area contributed by atoms with E-state index in [-0.39, 0.29) is 17.2 Å². The number of hydrogen-bond acceptors (Lipinski definition) is 3. The summed E-state index contributed by atoms with van der Waals surface area (Å²) in [6.45, 7) is 5.38. The number of nitrogens with zero attached hydrogens (tertiary/aromatic N) is 2. The molecule has 0 bridgehead atoms. The number of rotatable bonds is 3. The Morgan fingerprint density at radius 2 is 2.05 bits per heavy atom. The van der Waals surface area contributed by atoms with Crippen LogP contribution in [0.25, 0.3) is 0 Å². The molecule has 0 saturated carbocycles. The van der Waals surface area contributed by atoms with E-state index >= 15 is 0 Å². The molecule has 0 radical (unpaired) electrons. The number of alkyl halides is 3. The topological polar surface area (TPSA) is 60.1 Å². The lowest BCUT2D eigenvalue weighted by Gasteiger charge is -2.07. The number of hydrogen-bond donors (Lipinski definition) is 1. The van der Waals surface area contributed by atoms with Gasteiger partial charge in [0.25, 0.3) is 5.91 Å². The van der Waals surface area contributed by atoms with Crippen molar-refractivity contribution in [3.63, 3.8) is 0 Å². The second kappa shape index (κ2) is 5.51. The first-order valence-corrected chi connectivity index (χ1v) is 6.62. The van der Waals surface area contributed by atoms with Crippen LogP contribution in [0.3, 0.4) is 0 Å². The third-order valence-corrected chi connectivity index (χ3v) is 3.10. The third-order valence-electron chi connectivity index (χ3n) is 3.10. The van der Waals surface area contributed by atoms with Crippen molar-refractivity contribution in [3.05, 3.63) is 35.0 Å². The number of anilines is 1. The van der Waals surface area contributed by atoms with Crippen LogP contribution in [0.5, 0.6) is 0 Å². The minimum Gasteiger partial charge on any atom is -0.465 e. The number of amides is 1. The second-order valence-electron chi connectivity index (χ2n) is 5.29. The number of carbonyl (C=O) groups excluding carboxylic acids is 1. The van der Waals surface area contributed by atoms with E-state index in [0.29, 0.717) is 11.5 Å². The summed E-state index contributed by atoms with van der Waals surface area (Å²) in [4.78, 5) is 12.2. The van der Waals surface area contributed by atoms with Crippen LogP contribution in [-0.4, -0.2) is 15.7 Å². The fraction of sp³-hybridized carbons (Fsp3) is 0.429. The Morgan fingerprint density at radius 1 is 1.41 bits per heavy atom. The van der Waals surface area contributed by atoms with Gasteiger partial charge in [0.2, 0.25) is 0 Å². The summed E-state index contributed by atoms with van der Waals surface area (Å²) in [5.41, 5.74) is -1.30. The molecule has 22 heavy (non-hydrogen) atoms. The van der Waals surface area contributed by atoms with Gasteiger partial charge in [-0.05, 0) is 13.0 Å². The van der Waals surface area contributed by atoms with E-state index in [2.05, 4.69) is 10.4 Å². The van der Waals surface area contributed by atoms with Gasteiger partial charge in [-0.15, -0.1) is 0 Å². The van der Waals surface area contributed by atoms with Crippen LogP contribution in [0.15, 0.2) is 16.7 Å². The zero-order valence-corrected chi connectivity index (χ0v) is 12.6. The van der Waals surface area contributed by atoms with E-state index in [1.165, 1.54) is 7.05 Å². The zero-order valence-electron chi connectivity index (χ0n) is 12.6. The van der Waals surface area contributed by atoms with Gasteiger partial charge in [0, 0.05) is 19.2 Å². The van der Waals surface area contributed by atoms with Crippen LogP contribution in [-0.2, 0) is 13.2 Å². The number of carbonyl (C=O) groups is 1. The van der Waals surface area contributed by atoms with Gasteiger partial charge in [-0.2, -0.15) is 18.3 Å². The first kappa shape index (κ1) is 16.1. The predicted octanol–water partition coefficient (Wildman–Crippen LogP) is 3.72. The van der Waals surface area contributed by atoms with Crippen molar-refractivity contribution in [1.29, 1.82) is 0 Å². The van der Waals surface area contributed by atoms with Crippen molar-refractivity contribution in [2.45, 2.75) is 32.9 Å². The normalized spacial score (nSPS) is 12.0. The van der Waals surface area contributed by atoms with Crippen molar-refractivity contribution < 1.29 is 22.4 Å². The minimum absolute atomic E-state index is 0.0735. The van der Waals surface area contributed by atoms with E-state index in [9.17, 15) is 18.0 Å². The second-order valence-corrected chi connectivity index (χ2v) is 5.29. The Bertz CT molecular complexity index is 699. The van der Waals surface area contributed by atoms with Gasteiger partial charge < -0.3 is 9.73 Å². The summed E-state index contributed by atoms with van der Waals surface area (Å²) < 4.78 is 45.0. The standard InChI is InChI=1S/C14H16F3N3O2/c1-7(2)11-5-9(8(3)22-11)13(21)18-10-6-20(4)19-12(10)14(15,16)17/h5-7H,1-4H3,(H,18,21). The lowest BCUT2D eigenvalue weighted by molar-refractivity contribution is -0.140. The van der Waals surface area contributed by atoms with E-state index in [1.807, 2.05) is 13.8 Å². The molecule has 1 N–H and O–H groups in total. The summed E-state index contributed by atoms with van der Waals surface area (Å²) in [7, 11) is 1.35. The molecule has 2 aromatic rings. The monoisotopic (exact) mass is 315 g/mol. The fourth-order valence-corrected chi connectivity index (χ4v) is 1.99. The van der Waals surface area contributed by atoms with Gasteiger partial charge in [0.1, 0.15) is 11.5 Å². The van der Waals surface area contributed by atoms with Crippen molar-refractivity contribution in [1.82, 2.24) is 9.78 Å². The number of nitrogens with one attached hydrogen (secondary N) is 1. The molecule has 1 amide bonds. The molecule has 0 fully saturated rings. The summed E-state index contributed by atoms with van der Waals surface area (Å²) in [5, 5.41) is 5.58. The van der Waals surface area contributed by atoms with Crippen LogP contribution in [0, 0.1) is 6.92 Å². The summed E-state index contributed by atoms with van der Waals surface area (Å²) in [5.74, 6) is 0.375.